The van der Waals surface area contributed by atoms with Gasteiger partial charge < -0.3 is 24.1 Å². The molecule has 0 atom stereocenters. The van der Waals surface area contributed by atoms with Gasteiger partial charge in [-0.15, -0.1) is 0 Å². The number of carboxylic acids is 1. The lowest BCUT2D eigenvalue weighted by atomic mass is 10.1. The van der Waals surface area contributed by atoms with Gasteiger partial charge >= 0.3 is 12.0 Å². The van der Waals surface area contributed by atoms with E-state index in [-0.39, 0.29) is 24.3 Å². The first kappa shape index (κ1) is 31.6. The fraction of sp³-hybridized carbons (Fsp3) is 0.273. The summed E-state index contributed by atoms with van der Waals surface area (Å²) >= 11 is 0. The summed E-state index contributed by atoms with van der Waals surface area (Å²) in [5.74, 6) is -0.697. The fourth-order valence-corrected chi connectivity index (χ4v) is 4.34. The number of barbiturate groups is 1. The van der Waals surface area contributed by atoms with Crippen LogP contribution in [0, 0.1) is 0 Å². The van der Waals surface area contributed by atoms with E-state index in [1.807, 2.05) is 13.8 Å². The summed E-state index contributed by atoms with van der Waals surface area (Å²) in [6.45, 7) is 6.97. The molecular formula is C33H34N2O9. The highest BCUT2D eigenvalue weighted by atomic mass is 16.5. The normalized spacial score (nSPS) is 13.9. The van der Waals surface area contributed by atoms with Crippen molar-refractivity contribution >= 4 is 29.9 Å². The maximum atomic E-state index is 13.4. The van der Waals surface area contributed by atoms with Crippen molar-refractivity contribution in [3.05, 3.63) is 88.5 Å². The molecule has 3 aromatic carbocycles. The third-order valence-corrected chi connectivity index (χ3v) is 6.47. The lowest BCUT2D eigenvalue weighted by Gasteiger charge is -2.26. The molecule has 230 valence electrons. The van der Waals surface area contributed by atoms with Gasteiger partial charge in [-0.3, -0.25) is 19.8 Å². The second-order valence-electron chi connectivity index (χ2n) is 9.70. The summed E-state index contributed by atoms with van der Waals surface area (Å²) < 4.78 is 23.1. The van der Waals surface area contributed by atoms with Crippen LogP contribution in [-0.2, 0) is 22.7 Å². The van der Waals surface area contributed by atoms with Crippen LogP contribution < -0.4 is 24.3 Å². The Bertz CT molecular complexity index is 1560. The van der Waals surface area contributed by atoms with E-state index in [4.69, 9.17) is 24.1 Å². The molecule has 11 heteroatoms. The van der Waals surface area contributed by atoms with Crippen molar-refractivity contribution in [2.24, 2.45) is 0 Å². The lowest BCUT2D eigenvalue weighted by Crippen LogP contribution is -2.53. The maximum Gasteiger partial charge on any atom is 0.335 e. The van der Waals surface area contributed by atoms with E-state index < -0.39 is 23.8 Å². The molecule has 1 heterocycles. The summed E-state index contributed by atoms with van der Waals surface area (Å²) in [5.41, 5.74) is 1.82. The van der Waals surface area contributed by atoms with E-state index in [1.54, 1.807) is 55.5 Å². The van der Waals surface area contributed by atoms with Crippen LogP contribution in [0.2, 0.25) is 0 Å². The molecular weight excluding hydrogens is 568 g/mol. The van der Waals surface area contributed by atoms with Crippen LogP contribution in [0.25, 0.3) is 6.08 Å². The predicted octanol–water partition coefficient (Wildman–Crippen LogP) is 5.21. The largest absolute Gasteiger partial charge is 0.490 e. The molecule has 44 heavy (non-hydrogen) atoms. The number of ether oxygens (including phenoxy) is 4. The summed E-state index contributed by atoms with van der Waals surface area (Å²) in [5, 5.41) is 11.3. The molecule has 0 aromatic heterocycles. The zero-order valence-corrected chi connectivity index (χ0v) is 24.8. The van der Waals surface area contributed by atoms with E-state index in [0.717, 1.165) is 16.9 Å². The number of urea groups is 1. The minimum absolute atomic E-state index is 0.0894. The third-order valence-electron chi connectivity index (χ3n) is 6.47. The first-order valence-corrected chi connectivity index (χ1v) is 14.2. The number of benzene rings is 3. The summed E-state index contributed by atoms with van der Waals surface area (Å²) in [6, 6.07) is 15.6. The molecule has 1 aliphatic heterocycles. The molecule has 11 nitrogen and oxygen atoms in total. The molecule has 4 rings (SSSR count). The van der Waals surface area contributed by atoms with Gasteiger partial charge in [0.2, 0.25) is 0 Å². The van der Waals surface area contributed by atoms with E-state index in [2.05, 4.69) is 5.32 Å². The van der Waals surface area contributed by atoms with Gasteiger partial charge in [-0.05, 0) is 79.4 Å². The van der Waals surface area contributed by atoms with Crippen LogP contribution in [0.4, 0.5) is 4.79 Å². The lowest BCUT2D eigenvalue weighted by molar-refractivity contribution is -0.130. The molecule has 0 spiro atoms. The number of hydrogen-bond donors (Lipinski definition) is 2. The number of nitrogens with zero attached hydrogens (tertiary/aromatic N) is 1. The molecule has 1 aliphatic rings. The Morgan fingerprint density at radius 1 is 0.795 bits per heavy atom. The number of carbonyl (C=O) groups is 4. The second kappa shape index (κ2) is 14.7. The van der Waals surface area contributed by atoms with E-state index >= 15 is 0 Å². The molecule has 2 N–H and O–H groups in total. The minimum atomic E-state index is -1.01. The molecule has 0 radical (unpaired) electrons. The third kappa shape index (κ3) is 7.74. The summed E-state index contributed by atoms with van der Waals surface area (Å²) in [6.07, 6.45) is 2.21. The van der Waals surface area contributed by atoms with Gasteiger partial charge in [0.05, 0.1) is 31.9 Å². The number of aromatic carboxylic acids is 1. The zero-order chi connectivity index (χ0) is 31.6. The van der Waals surface area contributed by atoms with Crippen molar-refractivity contribution < 1.29 is 43.2 Å². The van der Waals surface area contributed by atoms with Crippen LogP contribution in [0.3, 0.4) is 0 Å². The summed E-state index contributed by atoms with van der Waals surface area (Å²) in [4.78, 5) is 50.9. The molecule has 3 aromatic rings. The predicted molar refractivity (Wildman–Crippen MR) is 161 cm³/mol. The molecule has 0 aliphatic carbocycles. The van der Waals surface area contributed by atoms with Gasteiger partial charge in [0, 0.05) is 0 Å². The Morgan fingerprint density at radius 3 is 2.09 bits per heavy atom. The van der Waals surface area contributed by atoms with E-state index in [0.29, 0.717) is 53.9 Å². The molecule has 4 amide bonds. The molecule has 1 saturated heterocycles. The average Bonchev–Trinajstić information content (AvgIpc) is 3.01. The van der Waals surface area contributed by atoms with Crippen molar-refractivity contribution in [3.63, 3.8) is 0 Å². The molecule has 0 bridgehead atoms. The molecule has 0 saturated carbocycles. The number of hydrogen-bond acceptors (Lipinski definition) is 8. The smallest absolute Gasteiger partial charge is 0.335 e. The number of amides is 4. The van der Waals surface area contributed by atoms with Gasteiger partial charge in [0.25, 0.3) is 11.8 Å². The second-order valence-corrected chi connectivity index (χ2v) is 9.70. The van der Waals surface area contributed by atoms with E-state index in [9.17, 15) is 19.2 Å². The van der Waals surface area contributed by atoms with Crippen molar-refractivity contribution in [1.82, 2.24) is 10.2 Å². The van der Waals surface area contributed by atoms with Gasteiger partial charge in [0.1, 0.15) is 12.2 Å². The van der Waals surface area contributed by atoms with Crippen LogP contribution >= 0.6 is 0 Å². The Morgan fingerprint density at radius 2 is 1.43 bits per heavy atom. The van der Waals surface area contributed by atoms with Crippen molar-refractivity contribution in [2.45, 2.75) is 40.3 Å². The Kier molecular flexibility index (Phi) is 10.6. The Balaban J connectivity index is 1.53. The average molecular weight is 603 g/mol. The van der Waals surface area contributed by atoms with Crippen LogP contribution in [0.1, 0.15) is 54.2 Å². The van der Waals surface area contributed by atoms with Gasteiger partial charge in [-0.2, -0.15) is 0 Å². The first-order valence-electron chi connectivity index (χ1n) is 14.2. The first-order chi connectivity index (χ1) is 21.2. The van der Waals surface area contributed by atoms with Crippen molar-refractivity contribution in [2.75, 3.05) is 19.8 Å². The topological polar surface area (TPSA) is 141 Å². The quantitative estimate of drug-likeness (QED) is 0.188. The summed E-state index contributed by atoms with van der Waals surface area (Å²) in [7, 11) is 0. The highest BCUT2D eigenvalue weighted by Crippen LogP contribution is 2.32. The Hall–Kier alpha value is -5.32. The standard InChI is InChI=1S/C33H34N2O9/c1-4-15-43-26-14-10-23(18-29(26)42-6-3)19-35-31(37)25(30(36)34-33(35)40)16-22-9-13-27(28(17-22)41-5-2)44-20-21-7-11-24(12-8-21)32(38)39/h7-14,16-18H,4-6,15,19-20H2,1-3H3,(H,38,39)(H,34,36,40)/b25-16+. The number of carboxylic acid groups (broad SMARTS) is 1. The van der Waals surface area contributed by atoms with Crippen molar-refractivity contribution in [1.29, 1.82) is 0 Å². The Labute approximate surface area is 255 Å². The maximum absolute atomic E-state index is 13.4. The number of imide groups is 2. The zero-order valence-electron chi connectivity index (χ0n) is 24.8. The van der Waals surface area contributed by atoms with Gasteiger partial charge in [-0.25, -0.2) is 9.59 Å². The van der Waals surface area contributed by atoms with Crippen LogP contribution in [0.15, 0.2) is 66.2 Å². The monoisotopic (exact) mass is 602 g/mol. The van der Waals surface area contributed by atoms with Gasteiger partial charge in [0.15, 0.2) is 23.0 Å². The number of rotatable bonds is 14. The van der Waals surface area contributed by atoms with E-state index in [1.165, 1.54) is 18.2 Å². The number of nitrogens with one attached hydrogen (secondary N) is 1. The molecule has 0 unspecified atom stereocenters. The highest BCUT2D eigenvalue weighted by Gasteiger charge is 2.36. The highest BCUT2D eigenvalue weighted by molar-refractivity contribution is 6.31. The SMILES string of the molecule is CCCOc1ccc(CN2C(=O)NC(=O)/C(=C\c3ccc(OCc4ccc(C(=O)O)cc4)c(OCC)c3)C2=O)cc1OCC. The van der Waals surface area contributed by atoms with Crippen molar-refractivity contribution in [3.8, 4) is 23.0 Å². The van der Waals surface area contributed by atoms with Crippen LogP contribution in [-0.4, -0.2) is 53.6 Å². The molecule has 1 fully saturated rings. The number of carbonyl (C=O) groups excluding carboxylic acids is 3. The van der Waals surface area contributed by atoms with Gasteiger partial charge in [-0.1, -0.05) is 31.2 Å². The fourth-order valence-electron chi connectivity index (χ4n) is 4.34. The minimum Gasteiger partial charge on any atom is -0.490 e. The van der Waals surface area contributed by atoms with Crippen LogP contribution in [0.5, 0.6) is 23.0 Å².